The Morgan fingerprint density at radius 2 is 1.56 bits per heavy atom. The van der Waals surface area contributed by atoms with E-state index >= 15 is 0 Å². The van der Waals surface area contributed by atoms with E-state index in [2.05, 4.69) is 34.5 Å². The third-order valence-electron chi connectivity index (χ3n) is 4.80. The molecule has 27 heavy (non-hydrogen) atoms. The number of rotatable bonds is 8. The fraction of sp³-hybridized carbons (Fsp3) is 0.409. The SMILES string of the molecule is COc1ccc(OCC(=O)NCc2ccc(CN3CCCCC3)cc2)cc1. The van der Waals surface area contributed by atoms with E-state index in [9.17, 15) is 4.79 Å². The summed E-state index contributed by atoms with van der Waals surface area (Å²) < 4.78 is 10.6. The summed E-state index contributed by atoms with van der Waals surface area (Å²) in [5, 5.41) is 2.89. The maximum atomic E-state index is 12.0. The summed E-state index contributed by atoms with van der Waals surface area (Å²) in [6, 6.07) is 15.7. The molecule has 0 unspecified atom stereocenters. The summed E-state index contributed by atoms with van der Waals surface area (Å²) in [5.74, 6) is 1.27. The van der Waals surface area contributed by atoms with Gasteiger partial charge in [0.15, 0.2) is 6.61 Å². The highest BCUT2D eigenvalue weighted by Crippen LogP contribution is 2.17. The predicted octanol–water partition coefficient (Wildman–Crippen LogP) is 3.38. The average Bonchev–Trinajstić information content (AvgIpc) is 2.73. The number of benzene rings is 2. The van der Waals surface area contributed by atoms with Crippen molar-refractivity contribution in [3.05, 3.63) is 59.7 Å². The number of ether oxygens (including phenoxy) is 2. The summed E-state index contributed by atoms with van der Waals surface area (Å²) in [6.07, 6.45) is 3.97. The van der Waals surface area contributed by atoms with Gasteiger partial charge in [-0.3, -0.25) is 9.69 Å². The Labute approximate surface area is 161 Å². The smallest absolute Gasteiger partial charge is 0.258 e. The third-order valence-corrected chi connectivity index (χ3v) is 4.80. The highest BCUT2D eigenvalue weighted by molar-refractivity contribution is 5.77. The molecule has 0 aromatic heterocycles. The molecular weight excluding hydrogens is 340 g/mol. The van der Waals surface area contributed by atoms with Crippen LogP contribution in [0.15, 0.2) is 48.5 Å². The predicted molar refractivity (Wildman–Crippen MR) is 106 cm³/mol. The maximum Gasteiger partial charge on any atom is 0.258 e. The minimum atomic E-state index is -0.136. The van der Waals surface area contributed by atoms with E-state index in [0.717, 1.165) is 17.9 Å². The molecule has 0 bridgehead atoms. The number of hydrogen-bond donors (Lipinski definition) is 1. The number of likely N-dealkylation sites (tertiary alicyclic amines) is 1. The van der Waals surface area contributed by atoms with Crippen molar-refractivity contribution in [1.29, 1.82) is 0 Å². The zero-order valence-corrected chi connectivity index (χ0v) is 15.9. The highest BCUT2D eigenvalue weighted by Gasteiger charge is 2.10. The summed E-state index contributed by atoms with van der Waals surface area (Å²) >= 11 is 0. The van der Waals surface area contributed by atoms with Crippen LogP contribution in [-0.2, 0) is 17.9 Å². The number of piperidine rings is 1. The molecule has 2 aromatic rings. The van der Waals surface area contributed by atoms with Gasteiger partial charge in [0, 0.05) is 13.1 Å². The van der Waals surface area contributed by atoms with Crippen LogP contribution < -0.4 is 14.8 Å². The van der Waals surface area contributed by atoms with E-state index in [1.54, 1.807) is 31.4 Å². The van der Waals surface area contributed by atoms with E-state index in [0.29, 0.717) is 12.3 Å². The van der Waals surface area contributed by atoms with Crippen LogP contribution in [0.25, 0.3) is 0 Å². The summed E-state index contributed by atoms with van der Waals surface area (Å²) in [7, 11) is 1.61. The van der Waals surface area contributed by atoms with Crippen molar-refractivity contribution in [2.24, 2.45) is 0 Å². The lowest BCUT2D eigenvalue weighted by Crippen LogP contribution is -2.29. The van der Waals surface area contributed by atoms with E-state index in [4.69, 9.17) is 9.47 Å². The first-order valence-corrected chi connectivity index (χ1v) is 9.56. The molecule has 0 radical (unpaired) electrons. The molecule has 0 atom stereocenters. The van der Waals surface area contributed by atoms with Gasteiger partial charge in [0.2, 0.25) is 0 Å². The molecule has 144 valence electrons. The van der Waals surface area contributed by atoms with E-state index in [-0.39, 0.29) is 12.5 Å². The van der Waals surface area contributed by atoms with Gasteiger partial charge in [-0.1, -0.05) is 30.7 Å². The molecule has 1 heterocycles. The van der Waals surface area contributed by atoms with Crippen molar-refractivity contribution < 1.29 is 14.3 Å². The third kappa shape index (κ3) is 6.29. The lowest BCUT2D eigenvalue weighted by Gasteiger charge is -2.26. The monoisotopic (exact) mass is 368 g/mol. The number of hydrogen-bond acceptors (Lipinski definition) is 4. The highest BCUT2D eigenvalue weighted by atomic mass is 16.5. The quantitative estimate of drug-likeness (QED) is 0.776. The fourth-order valence-electron chi connectivity index (χ4n) is 3.21. The molecule has 1 amide bonds. The topological polar surface area (TPSA) is 50.8 Å². The normalized spacial score (nSPS) is 14.6. The van der Waals surface area contributed by atoms with E-state index in [1.165, 1.54) is 37.9 Å². The molecule has 0 aliphatic carbocycles. The maximum absolute atomic E-state index is 12.0. The molecule has 3 rings (SSSR count). The molecule has 1 aliphatic rings. The van der Waals surface area contributed by atoms with E-state index in [1.807, 2.05) is 0 Å². The van der Waals surface area contributed by atoms with Crippen LogP contribution in [0.1, 0.15) is 30.4 Å². The minimum Gasteiger partial charge on any atom is -0.497 e. The molecule has 1 fully saturated rings. The van der Waals surface area contributed by atoms with Gasteiger partial charge in [-0.05, 0) is 61.3 Å². The lowest BCUT2D eigenvalue weighted by atomic mass is 10.1. The van der Waals surface area contributed by atoms with Crippen LogP contribution in [0.2, 0.25) is 0 Å². The van der Waals surface area contributed by atoms with Gasteiger partial charge in [0.05, 0.1) is 7.11 Å². The van der Waals surface area contributed by atoms with Gasteiger partial charge in [-0.15, -0.1) is 0 Å². The number of nitrogens with zero attached hydrogens (tertiary/aromatic N) is 1. The second-order valence-corrected chi connectivity index (χ2v) is 6.89. The van der Waals surface area contributed by atoms with Crippen LogP contribution in [0.5, 0.6) is 11.5 Å². The van der Waals surface area contributed by atoms with Crippen molar-refractivity contribution in [2.45, 2.75) is 32.4 Å². The standard InChI is InChI=1S/C22H28N2O3/c1-26-20-9-11-21(12-10-20)27-17-22(25)23-15-18-5-7-19(8-6-18)16-24-13-3-2-4-14-24/h5-12H,2-4,13-17H2,1H3,(H,23,25). The zero-order valence-electron chi connectivity index (χ0n) is 15.9. The molecular formula is C22H28N2O3. The van der Waals surface area contributed by atoms with Crippen LogP contribution in [0, 0.1) is 0 Å². The number of nitrogens with one attached hydrogen (secondary N) is 1. The fourth-order valence-corrected chi connectivity index (χ4v) is 3.21. The van der Waals surface area contributed by atoms with E-state index < -0.39 is 0 Å². The number of carbonyl (C=O) groups excluding carboxylic acids is 1. The van der Waals surface area contributed by atoms with Gasteiger partial charge in [-0.25, -0.2) is 0 Å². The second-order valence-electron chi connectivity index (χ2n) is 6.89. The molecule has 5 heteroatoms. The zero-order chi connectivity index (χ0) is 18.9. The van der Waals surface area contributed by atoms with Crippen LogP contribution in [0.3, 0.4) is 0 Å². The number of amides is 1. The molecule has 0 saturated carbocycles. The lowest BCUT2D eigenvalue weighted by molar-refractivity contribution is -0.123. The van der Waals surface area contributed by atoms with Crippen molar-refractivity contribution >= 4 is 5.91 Å². The van der Waals surface area contributed by atoms with Crippen molar-refractivity contribution in [2.75, 3.05) is 26.8 Å². The van der Waals surface area contributed by atoms with Gasteiger partial charge in [-0.2, -0.15) is 0 Å². The Hall–Kier alpha value is -2.53. The average molecular weight is 368 g/mol. The molecule has 1 N–H and O–H groups in total. The van der Waals surface area contributed by atoms with Crippen molar-refractivity contribution in [3.63, 3.8) is 0 Å². The molecule has 5 nitrogen and oxygen atoms in total. The largest absolute Gasteiger partial charge is 0.497 e. The van der Waals surface area contributed by atoms with Gasteiger partial charge < -0.3 is 14.8 Å². The van der Waals surface area contributed by atoms with Gasteiger partial charge >= 0.3 is 0 Å². The Morgan fingerprint density at radius 3 is 2.22 bits per heavy atom. The molecule has 0 spiro atoms. The van der Waals surface area contributed by atoms with Gasteiger partial charge in [0.25, 0.3) is 5.91 Å². The summed E-state index contributed by atoms with van der Waals surface area (Å²) in [5.41, 5.74) is 2.42. The summed E-state index contributed by atoms with van der Waals surface area (Å²) in [6.45, 7) is 3.93. The van der Waals surface area contributed by atoms with Gasteiger partial charge in [0.1, 0.15) is 11.5 Å². The first-order chi connectivity index (χ1) is 13.2. The minimum absolute atomic E-state index is 0.000623. The Morgan fingerprint density at radius 1 is 0.926 bits per heavy atom. The first-order valence-electron chi connectivity index (χ1n) is 9.56. The molecule has 2 aromatic carbocycles. The molecule has 1 aliphatic heterocycles. The first kappa shape index (κ1) is 19.2. The van der Waals surface area contributed by atoms with Crippen LogP contribution >= 0.6 is 0 Å². The Kier molecular flexibility index (Phi) is 7.11. The van der Waals surface area contributed by atoms with Crippen LogP contribution in [0.4, 0.5) is 0 Å². The van der Waals surface area contributed by atoms with Crippen LogP contribution in [-0.4, -0.2) is 37.6 Å². The Balaban J connectivity index is 1.38. The number of methoxy groups -OCH3 is 1. The van der Waals surface area contributed by atoms with Crippen molar-refractivity contribution in [1.82, 2.24) is 10.2 Å². The number of carbonyl (C=O) groups is 1. The summed E-state index contributed by atoms with van der Waals surface area (Å²) in [4.78, 5) is 14.5. The second kappa shape index (κ2) is 9.97. The molecule has 1 saturated heterocycles. The Bertz CT molecular complexity index is 707. The van der Waals surface area contributed by atoms with Crippen molar-refractivity contribution in [3.8, 4) is 11.5 Å².